The average Bonchev–Trinajstić information content (AvgIpc) is 2.91. The molecule has 4 fully saturated rings. The first-order chi connectivity index (χ1) is 10.1. The van der Waals surface area contributed by atoms with E-state index in [1.54, 1.807) is 0 Å². The van der Waals surface area contributed by atoms with Crippen LogP contribution in [-0.2, 0) is 0 Å². The monoisotopic (exact) mass is 308 g/mol. The zero-order valence-corrected chi connectivity index (χ0v) is 15.4. The lowest BCUT2D eigenvalue weighted by Crippen LogP contribution is -2.56. The van der Waals surface area contributed by atoms with Crippen LogP contribution in [-0.4, -0.2) is 4.75 Å². The van der Waals surface area contributed by atoms with Crippen molar-refractivity contribution in [1.82, 2.24) is 0 Å². The minimum absolute atomic E-state index is 0.428. The van der Waals surface area contributed by atoms with Gasteiger partial charge in [0.05, 0.1) is 0 Å². The molecule has 0 aliphatic heterocycles. The topological polar surface area (TPSA) is 0 Å². The highest BCUT2D eigenvalue weighted by molar-refractivity contribution is 7.81. The SMILES string of the molecule is CC.CC12CCCC1C1CCC3CCCCC3[C@@]1(S)CC2. The van der Waals surface area contributed by atoms with Crippen LogP contribution >= 0.6 is 12.6 Å². The first-order valence-electron chi connectivity index (χ1n) is 9.86. The van der Waals surface area contributed by atoms with Crippen molar-refractivity contribution < 1.29 is 0 Å². The van der Waals surface area contributed by atoms with Gasteiger partial charge in [0.15, 0.2) is 0 Å². The molecule has 0 aromatic carbocycles. The Bertz CT molecular complexity index is 365. The van der Waals surface area contributed by atoms with Crippen LogP contribution in [0.15, 0.2) is 0 Å². The average molecular weight is 309 g/mol. The molecule has 0 aromatic heterocycles. The van der Waals surface area contributed by atoms with Crippen LogP contribution in [0.4, 0.5) is 0 Å². The van der Waals surface area contributed by atoms with Crippen molar-refractivity contribution >= 4 is 12.6 Å². The van der Waals surface area contributed by atoms with E-state index in [-0.39, 0.29) is 0 Å². The van der Waals surface area contributed by atoms with Gasteiger partial charge in [-0.1, -0.05) is 46.5 Å². The van der Waals surface area contributed by atoms with Crippen LogP contribution in [0.3, 0.4) is 0 Å². The zero-order valence-electron chi connectivity index (χ0n) is 14.5. The molecule has 0 heterocycles. The predicted octanol–water partition coefficient (Wildman–Crippen LogP) is 6.50. The minimum atomic E-state index is 0.428. The fourth-order valence-corrected chi connectivity index (χ4v) is 7.55. The Morgan fingerprint density at radius 2 is 1.43 bits per heavy atom. The lowest BCUT2D eigenvalue weighted by Gasteiger charge is -2.60. The molecule has 4 rings (SSSR count). The van der Waals surface area contributed by atoms with Crippen LogP contribution in [0.25, 0.3) is 0 Å². The third-order valence-corrected chi connectivity index (χ3v) is 8.67. The van der Waals surface area contributed by atoms with Crippen molar-refractivity contribution in [2.24, 2.45) is 29.1 Å². The number of hydrogen-bond acceptors (Lipinski definition) is 1. The molecule has 0 N–H and O–H groups in total. The summed E-state index contributed by atoms with van der Waals surface area (Å²) in [5, 5.41) is 0. The molecule has 0 aromatic rings. The second-order valence-electron chi connectivity index (χ2n) is 8.48. The quantitative estimate of drug-likeness (QED) is 0.485. The molecule has 0 bridgehead atoms. The van der Waals surface area contributed by atoms with Crippen LogP contribution < -0.4 is 0 Å². The van der Waals surface area contributed by atoms with Gasteiger partial charge in [-0.25, -0.2) is 0 Å². The maximum atomic E-state index is 5.42. The molecular weight excluding hydrogens is 272 g/mol. The van der Waals surface area contributed by atoms with Gasteiger partial charge < -0.3 is 0 Å². The van der Waals surface area contributed by atoms with Crippen LogP contribution in [0.5, 0.6) is 0 Å². The summed E-state index contributed by atoms with van der Waals surface area (Å²) in [7, 11) is 0. The molecule has 0 spiro atoms. The second-order valence-corrected chi connectivity index (χ2v) is 9.31. The number of hydrogen-bond donors (Lipinski definition) is 1. The van der Waals surface area contributed by atoms with E-state index in [4.69, 9.17) is 12.6 Å². The Balaban J connectivity index is 0.000000636. The summed E-state index contributed by atoms with van der Waals surface area (Å²) in [4.78, 5) is 0. The standard InChI is InChI=1S/C18H30S.C2H6/c1-17-10-4-7-15(17)16-9-8-13-5-2-3-6-14(13)18(16,19)12-11-17;1-2/h13-16,19H,2-12H2,1H3;1-2H3/t13?,14?,15?,16?,17?,18-;/m0./s1. The molecular formula is C20H36S. The van der Waals surface area contributed by atoms with Gasteiger partial charge >= 0.3 is 0 Å². The van der Waals surface area contributed by atoms with Crippen molar-refractivity contribution in [2.45, 2.75) is 96.1 Å². The van der Waals surface area contributed by atoms with Gasteiger partial charge in [-0.3, -0.25) is 0 Å². The number of thiol groups is 1. The number of rotatable bonds is 0. The van der Waals surface area contributed by atoms with Crippen LogP contribution in [0.1, 0.15) is 91.4 Å². The first-order valence-corrected chi connectivity index (χ1v) is 10.3. The molecule has 4 aliphatic rings. The van der Waals surface area contributed by atoms with Gasteiger partial charge in [-0.2, -0.15) is 12.6 Å². The Morgan fingerprint density at radius 1 is 0.714 bits per heavy atom. The van der Waals surface area contributed by atoms with Gasteiger partial charge in [0, 0.05) is 4.75 Å². The minimum Gasteiger partial charge on any atom is -0.172 e. The number of fused-ring (bicyclic) bond motifs is 5. The molecule has 6 atom stereocenters. The molecule has 122 valence electrons. The van der Waals surface area contributed by atoms with Crippen molar-refractivity contribution in [3.8, 4) is 0 Å². The zero-order chi connectivity index (χ0) is 15.1. The molecule has 0 amide bonds. The van der Waals surface area contributed by atoms with E-state index in [1.807, 2.05) is 13.8 Å². The highest BCUT2D eigenvalue weighted by Gasteiger charge is 2.59. The van der Waals surface area contributed by atoms with Gasteiger partial charge in [-0.05, 0) is 74.0 Å². The van der Waals surface area contributed by atoms with Gasteiger partial charge in [0.25, 0.3) is 0 Å². The van der Waals surface area contributed by atoms with E-state index in [0.717, 1.165) is 23.7 Å². The Kier molecular flexibility index (Phi) is 4.71. The van der Waals surface area contributed by atoms with Gasteiger partial charge in [0.1, 0.15) is 0 Å². The highest BCUT2D eigenvalue weighted by atomic mass is 32.1. The Morgan fingerprint density at radius 3 is 2.24 bits per heavy atom. The van der Waals surface area contributed by atoms with E-state index in [0.29, 0.717) is 10.2 Å². The van der Waals surface area contributed by atoms with Crippen LogP contribution in [0, 0.1) is 29.1 Å². The fraction of sp³-hybridized carbons (Fsp3) is 1.00. The van der Waals surface area contributed by atoms with Gasteiger partial charge in [-0.15, -0.1) is 0 Å². The van der Waals surface area contributed by atoms with Crippen molar-refractivity contribution in [2.75, 3.05) is 0 Å². The molecule has 1 heteroatoms. The van der Waals surface area contributed by atoms with E-state index in [2.05, 4.69) is 6.92 Å². The van der Waals surface area contributed by atoms with E-state index in [9.17, 15) is 0 Å². The molecule has 4 aliphatic carbocycles. The fourth-order valence-electron chi connectivity index (χ4n) is 6.79. The smallest absolute Gasteiger partial charge is 0.0192 e. The summed E-state index contributed by atoms with van der Waals surface area (Å²) in [5.74, 6) is 3.97. The van der Waals surface area contributed by atoms with Gasteiger partial charge in [0.2, 0.25) is 0 Å². The Labute approximate surface area is 138 Å². The van der Waals surface area contributed by atoms with Crippen molar-refractivity contribution in [3.05, 3.63) is 0 Å². The normalized spacial score (nSPS) is 52.0. The second kappa shape index (κ2) is 6.10. The lowest BCUT2D eigenvalue weighted by molar-refractivity contribution is -0.0269. The summed E-state index contributed by atoms with van der Waals surface area (Å²) in [6.45, 7) is 6.60. The summed E-state index contributed by atoms with van der Waals surface area (Å²) >= 11 is 5.42. The van der Waals surface area contributed by atoms with Crippen LogP contribution in [0.2, 0.25) is 0 Å². The highest BCUT2D eigenvalue weighted by Crippen LogP contribution is 2.65. The molecule has 0 saturated heterocycles. The van der Waals surface area contributed by atoms with E-state index < -0.39 is 0 Å². The molecule has 0 nitrogen and oxygen atoms in total. The Hall–Kier alpha value is 0.350. The lowest BCUT2D eigenvalue weighted by atomic mass is 9.50. The van der Waals surface area contributed by atoms with E-state index in [1.165, 1.54) is 70.6 Å². The summed E-state index contributed by atoms with van der Waals surface area (Å²) in [6.07, 6.45) is 16.4. The summed E-state index contributed by atoms with van der Waals surface area (Å²) < 4.78 is 0.428. The summed E-state index contributed by atoms with van der Waals surface area (Å²) in [5.41, 5.74) is 0.693. The molecule has 21 heavy (non-hydrogen) atoms. The van der Waals surface area contributed by atoms with E-state index >= 15 is 0 Å². The molecule has 4 saturated carbocycles. The third-order valence-electron chi connectivity index (χ3n) is 7.78. The van der Waals surface area contributed by atoms with Crippen molar-refractivity contribution in [3.63, 3.8) is 0 Å². The molecule has 5 unspecified atom stereocenters. The molecule has 0 radical (unpaired) electrons. The maximum Gasteiger partial charge on any atom is 0.0192 e. The largest absolute Gasteiger partial charge is 0.172 e. The summed E-state index contributed by atoms with van der Waals surface area (Å²) in [6, 6.07) is 0. The van der Waals surface area contributed by atoms with Crippen molar-refractivity contribution in [1.29, 1.82) is 0 Å². The maximum absolute atomic E-state index is 5.42. The first kappa shape index (κ1) is 16.2. The predicted molar refractivity (Wildman–Crippen MR) is 95.9 cm³/mol. The third kappa shape index (κ3) is 2.50.